The van der Waals surface area contributed by atoms with Crippen LogP contribution >= 0.6 is 15.9 Å². The Morgan fingerprint density at radius 1 is 1.31 bits per heavy atom. The van der Waals surface area contributed by atoms with E-state index in [1.807, 2.05) is 32.0 Å². The molecule has 0 bridgehead atoms. The first-order valence-corrected chi connectivity index (χ1v) is 7.68. The predicted octanol–water partition coefficient (Wildman–Crippen LogP) is 2.87. The van der Waals surface area contributed by atoms with Crippen LogP contribution in [0.3, 0.4) is 0 Å². The molecule has 0 saturated heterocycles. The van der Waals surface area contributed by atoms with Gasteiger partial charge in [-0.1, -0.05) is 26.0 Å². The molecule has 0 spiro atoms. The Balaban J connectivity index is 3.17. The van der Waals surface area contributed by atoms with Crippen molar-refractivity contribution in [2.24, 2.45) is 5.92 Å². The highest BCUT2D eigenvalue weighted by molar-refractivity contribution is 9.10. The highest BCUT2D eigenvalue weighted by Gasteiger charge is 2.20. The van der Waals surface area contributed by atoms with E-state index in [1.165, 1.54) is 10.6 Å². The van der Waals surface area contributed by atoms with E-state index in [2.05, 4.69) is 15.9 Å². The average molecular weight is 306 g/mol. The lowest BCUT2D eigenvalue weighted by Gasteiger charge is -2.25. The number of hydrogen-bond donors (Lipinski definition) is 0. The quantitative estimate of drug-likeness (QED) is 0.858. The molecule has 0 saturated carbocycles. The summed E-state index contributed by atoms with van der Waals surface area (Å²) in [7, 11) is -3.23. The molecule has 1 aromatic rings. The van der Waals surface area contributed by atoms with Crippen LogP contribution in [0.1, 0.15) is 13.8 Å². The van der Waals surface area contributed by atoms with Gasteiger partial charge in [0.2, 0.25) is 10.0 Å². The molecular weight excluding hydrogens is 290 g/mol. The van der Waals surface area contributed by atoms with E-state index in [4.69, 9.17) is 0 Å². The number of rotatable bonds is 4. The smallest absolute Gasteiger partial charge is 0.232 e. The monoisotopic (exact) mass is 305 g/mol. The molecule has 16 heavy (non-hydrogen) atoms. The molecule has 0 aromatic heterocycles. The van der Waals surface area contributed by atoms with Crippen LogP contribution in [0.15, 0.2) is 28.7 Å². The van der Waals surface area contributed by atoms with Gasteiger partial charge in [0.15, 0.2) is 0 Å². The lowest BCUT2D eigenvalue weighted by Crippen LogP contribution is -2.33. The maximum atomic E-state index is 11.7. The van der Waals surface area contributed by atoms with Crippen LogP contribution in [0, 0.1) is 5.92 Å². The topological polar surface area (TPSA) is 37.4 Å². The lowest BCUT2D eigenvalue weighted by molar-refractivity contribution is 0.583. The Kier molecular flexibility index (Phi) is 4.38. The van der Waals surface area contributed by atoms with Crippen LogP contribution in [-0.2, 0) is 10.0 Å². The summed E-state index contributed by atoms with van der Waals surface area (Å²) in [4.78, 5) is 0. The van der Waals surface area contributed by atoms with Gasteiger partial charge >= 0.3 is 0 Å². The fourth-order valence-electron chi connectivity index (χ4n) is 1.40. The van der Waals surface area contributed by atoms with Crippen LogP contribution in [0.2, 0.25) is 0 Å². The SMILES string of the molecule is CC(C)CN(c1ccccc1Br)S(C)(=O)=O. The first-order chi connectivity index (χ1) is 7.32. The third-order valence-electron chi connectivity index (χ3n) is 2.05. The van der Waals surface area contributed by atoms with Crippen LogP contribution in [0.5, 0.6) is 0 Å². The van der Waals surface area contributed by atoms with E-state index < -0.39 is 10.0 Å². The first-order valence-electron chi connectivity index (χ1n) is 5.04. The second-order valence-electron chi connectivity index (χ2n) is 4.14. The zero-order valence-electron chi connectivity index (χ0n) is 9.64. The van der Waals surface area contributed by atoms with Gasteiger partial charge in [-0.2, -0.15) is 0 Å². The average Bonchev–Trinajstić information content (AvgIpc) is 2.13. The van der Waals surface area contributed by atoms with Crippen molar-refractivity contribution >= 4 is 31.6 Å². The van der Waals surface area contributed by atoms with Gasteiger partial charge in [0.25, 0.3) is 0 Å². The molecule has 1 rings (SSSR count). The van der Waals surface area contributed by atoms with Crippen molar-refractivity contribution in [3.8, 4) is 0 Å². The van der Waals surface area contributed by atoms with Crippen molar-refractivity contribution in [1.82, 2.24) is 0 Å². The van der Waals surface area contributed by atoms with Crippen LogP contribution in [0.25, 0.3) is 0 Å². The molecule has 0 unspecified atom stereocenters. The third-order valence-corrected chi connectivity index (χ3v) is 3.87. The molecule has 0 radical (unpaired) electrons. The minimum absolute atomic E-state index is 0.279. The Morgan fingerprint density at radius 2 is 1.88 bits per heavy atom. The molecule has 0 aliphatic carbocycles. The normalized spacial score (nSPS) is 11.8. The summed E-state index contributed by atoms with van der Waals surface area (Å²) in [5.74, 6) is 0.279. The molecule has 0 aliphatic heterocycles. The van der Waals surface area contributed by atoms with E-state index in [0.29, 0.717) is 12.2 Å². The molecule has 5 heteroatoms. The largest absolute Gasteiger partial charge is 0.269 e. The Bertz CT molecular complexity index is 457. The summed E-state index contributed by atoms with van der Waals surface area (Å²) in [6.07, 6.45) is 1.23. The third kappa shape index (κ3) is 3.49. The summed E-state index contributed by atoms with van der Waals surface area (Å²) in [6.45, 7) is 4.48. The highest BCUT2D eigenvalue weighted by atomic mass is 79.9. The number of para-hydroxylation sites is 1. The van der Waals surface area contributed by atoms with Crippen molar-refractivity contribution in [3.05, 3.63) is 28.7 Å². The maximum Gasteiger partial charge on any atom is 0.232 e. The number of halogens is 1. The summed E-state index contributed by atoms with van der Waals surface area (Å²) in [5, 5.41) is 0. The predicted molar refractivity (Wildman–Crippen MR) is 71.2 cm³/mol. The van der Waals surface area contributed by atoms with Gasteiger partial charge in [-0.3, -0.25) is 4.31 Å². The van der Waals surface area contributed by atoms with Gasteiger partial charge in [-0.15, -0.1) is 0 Å². The van der Waals surface area contributed by atoms with Gasteiger partial charge in [0.05, 0.1) is 11.9 Å². The molecule has 0 fully saturated rings. The van der Waals surface area contributed by atoms with E-state index in [0.717, 1.165) is 4.47 Å². The lowest BCUT2D eigenvalue weighted by atomic mass is 10.2. The molecule has 0 atom stereocenters. The number of hydrogen-bond acceptors (Lipinski definition) is 2. The van der Waals surface area contributed by atoms with E-state index in [1.54, 1.807) is 6.07 Å². The maximum absolute atomic E-state index is 11.7. The molecule has 90 valence electrons. The van der Waals surface area contributed by atoms with Gasteiger partial charge in [0, 0.05) is 11.0 Å². The summed E-state index contributed by atoms with van der Waals surface area (Å²) in [6, 6.07) is 7.34. The molecule has 3 nitrogen and oxygen atoms in total. The van der Waals surface area contributed by atoms with Crippen molar-refractivity contribution in [3.63, 3.8) is 0 Å². The minimum atomic E-state index is -3.23. The van der Waals surface area contributed by atoms with Crippen molar-refractivity contribution < 1.29 is 8.42 Å². The highest BCUT2D eigenvalue weighted by Crippen LogP contribution is 2.28. The van der Waals surface area contributed by atoms with Gasteiger partial charge in [0.1, 0.15) is 0 Å². The molecular formula is C11H16BrNO2S. The molecule has 0 N–H and O–H groups in total. The van der Waals surface area contributed by atoms with Gasteiger partial charge in [-0.05, 0) is 34.0 Å². The van der Waals surface area contributed by atoms with E-state index in [-0.39, 0.29) is 5.92 Å². The minimum Gasteiger partial charge on any atom is -0.269 e. The number of benzene rings is 1. The van der Waals surface area contributed by atoms with Gasteiger partial charge < -0.3 is 0 Å². The fraction of sp³-hybridized carbons (Fsp3) is 0.455. The molecule has 0 aliphatic rings. The Hall–Kier alpha value is -0.550. The van der Waals surface area contributed by atoms with Crippen molar-refractivity contribution in [2.45, 2.75) is 13.8 Å². The van der Waals surface area contributed by atoms with Crippen molar-refractivity contribution in [1.29, 1.82) is 0 Å². The molecule has 0 heterocycles. The summed E-state index contributed by atoms with van der Waals surface area (Å²) in [5.41, 5.74) is 0.693. The Morgan fingerprint density at radius 3 is 2.31 bits per heavy atom. The zero-order chi connectivity index (χ0) is 12.3. The molecule has 1 aromatic carbocycles. The van der Waals surface area contributed by atoms with Crippen LogP contribution in [0.4, 0.5) is 5.69 Å². The van der Waals surface area contributed by atoms with Crippen molar-refractivity contribution in [2.75, 3.05) is 17.1 Å². The van der Waals surface area contributed by atoms with Gasteiger partial charge in [-0.25, -0.2) is 8.42 Å². The van der Waals surface area contributed by atoms with Crippen LogP contribution < -0.4 is 4.31 Å². The second-order valence-corrected chi connectivity index (χ2v) is 6.90. The summed E-state index contributed by atoms with van der Waals surface area (Å²) < 4.78 is 25.7. The second kappa shape index (κ2) is 5.19. The fourth-order valence-corrected chi connectivity index (χ4v) is 3.10. The van der Waals surface area contributed by atoms with Crippen LogP contribution in [-0.4, -0.2) is 21.2 Å². The standard InChI is InChI=1S/C11H16BrNO2S/c1-9(2)8-13(16(3,14)15)11-7-5-4-6-10(11)12/h4-7,9H,8H2,1-3H3. The first kappa shape index (κ1) is 13.5. The summed E-state index contributed by atoms with van der Waals surface area (Å²) >= 11 is 3.37. The van der Waals surface area contributed by atoms with E-state index >= 15 is 0 Å². The number of sulfonamides is 1. The zero-order valence-corrected chi connectivity index (χ0v) is 12.0. The number of nitrogens with zero attached hydrogens (tertiary/aromatic N) is 1. The molecule has 0 amide bonds. The Labute approximate surface area is 106 Å². The van der Waals surface area contributed by atoms with E-state index in [9.17, 15) is 8.42 Å². The number of anilines is 1.